The third kappa shape index (κ3) is 11.5. The van der Waals surface area contributed by atoms with Gasteiger partial charge in [-0.1, -0.05) is 93.3 Å². The minimum Gasteiger partial charge on any atom is -0.508 e. The Bertz CT molecular complexity index is 1420. The summed E-state index contributed by atoms with van der Waals surface area (Å²) < 4.78 is 5.55. The van der Waals surface area contributed by atoms with E-state index in [-0.39, 0.29) is 24.0 Å². The smallest absolute Gasteiger partial charge is 0.408 e. The van der Waals surface area contributed by atoms with Gasteiger partial charge in [0.15, 0.2) is 0 Å². The highest BCUT2D eigenvalue weighted by Gasteiger charge is 2.36. The molecule has 8 heteroatoms. The summed E-state index contributed by atoms with van der Waals surface area (Å²) in [4.78, 5) is 43.6. The van der Waals surface area contributed by atoms with E-state index in [2.05, 4.69) is 17.6 Å². The molecule has 8 nitrogen and oxygen atoms in total. The summed E-state index contributed by atoms with van der Waals surface area (Å²) in [7, 11) is 0. The van der Waals surface area contributed by atoms with Crippen molar-refractivity contribution in [3.63, 3.8) is 0 Å². The Kier molecular flexibility index (Phi) is 13.7. The minimum absolute atomic E-state index is 0.102. The number of aromatic hydroxyl groups is 1. The van der Waals surface area contributed by atoms with Gasteiger partial charge in [0, 0.05) is 19.5 Å². The Balaban J connectivity index is 2.05. The normalized spacial score (nSPS) is 12.6. The van der Waals surface area contributed by atoms with Crippen LogP contribution in [0.3, 0.4) is 0 Å². The average Bonchev–Trinajstić information content (AvgIpc) is 3.01. The summed E-state index contributed by atoms with van der Waals surface area (Å²) in [5.74, 6) is -0.576. The van der Waals surface area contributed by atoms with Crippen molar-refractivity contribution in [1.82, 2.24) is 15.5 Å². The van der Waals surface area contributed by atoms with Crippen molar-refractivity contribution in [2.45, 2.75) is 104 Å². The molecule has 0 bridgehead atoms. The van der Waals surface area contributed by atoms with Gasteiger partial charge in [0.25, 0.3) is 0 Å². The van der Waals surface area contributed by atoms with E-state index in [0.717, 1.165) is 47.9 Å². The fraction of sp³-hybridized carbons (Fsp3) is 0.447. The topological polar surface area (TPSA) is 108 Å². The molecule has 3 rings (SSSR count). The number of hydrogen-bond donors (Lipinski definition) is 3. The quantitative estimate of drug-likeness (QED) is 0.153. The molecule has 2 atom stereocenters. The van der Waals surface area contributed by atoms with Crippen LogP contribution >= 0.6 is 0 Å². The second kappa shape index (κ2) is 17.4. The number of hydrogen-bond acceptors (Lipinski definition) is 5. The molecule has 0 spiro atoms. The summed E-state index contributed by atoms with van der Waals surface area (Å²) >= 11 is 0. The van der Waals surface area contributed by atoms with Crippen LogP contribution in [0.5, 0.6) is 5.75 Å². The second-order valence-corrected chi connectivity index (χ2v) is 13.0. The van der Waals surface area contributed by atoms with Crippen molar-refractivity contribution in [2.24, 2.45) is 0 Å². The Morgan fingerprint density at radius 2 is 1.52 bits per heavy atom. The van der Waals surface area contributed by atoms with Crippen LogP contribution in [-0.4, -0.2) is 46.1 Å². The van der Waals surface area contributed by atoms with Gasteiger partial charge < -0.3 is 25.4 Å². The predicted octanol–water partition coefficient (Wildman–Crippen LogP) is 7.30. The molecular weight excluding hydrogens is 578 g/mol. The second-order valence-electron chi connectivity index (χ2n) is 13.0. The maximum atomic E-state index is 14.7. The number of phenols is 1. The molecule has 3 N–H and O–H groups in total. The van der Waals surface area contributed by atoms with E-state index < -0.39 is 23.8 Å². The highest BCUT2D eigenvalue weighted by atomic mass is 16.6. The number of amides is 3. The zero-order valence-corrected chi connectivity index (χ0v) is 28.3. The van der Waals surface area contributed by atoms with Crippen LogP contribution in [0.4, 0.5) is 4.79 Å². The van der Waals surface area contributed by atoms with Gasteiger partial charge in [-0.2, -0.15) is 0 Å². The van der Waals surface area contributed by atoms with Crippen molar-refractivity contribution >= 4 is 17.9 Å². The molecule has 0 aromatic heterocycles. The number of aryl methyl sites for hydroxylation is 2. The van der Waals surface area contributed by atoms with Gasteiger partial charge >= 0.3 is 6.09 Å². The number of phenolic OH excluding ortho intramolecular Hbond substituents is 1. The van der Waals surface area contributed by atoms with Crippen LogP contribution in [0.15, 0.2) is 72.8 Å². The SMILES string of the molecule is CCCCCCCN(C(=O)C(Cc1ccc(O)cc1)NC(=O)OC(C)(C)C)C(C(=O)NCc1ccccc1)c1ccc(C)c(C)c1. The van der Waals surface area contributed by atoms with E-state index in [9.17, 15) is 19.5 Å². The number of carbonyl (C=O) groups excluding carboxylic acids is 3. The first-order valence-electron chi connectivity index (χ1n) is 16.3. The first kappa shape index (κ1) is 36.1. The predicted molar refractivity (Wildman–Crippen MR) is 182 cm³/mol. The lowest BCUT2D eigenvalue weighted by molar-refractivity contribution is -0.142. The molecule has 248 valence electrons. The van der Waals surface area contributed by atoms with Crippen LogP contribution in [-0.2, 0) is 27.3 Å². The maximum Gasteiger partial charge on any atom is 0.408 e. The number of nitrogens with zero attached hydrogens (tertiary/aromatic N) is 1. The average molecular weight is 630 g/mol. The lowest BCUT2D eigenvalue weighted by Gasteiger charge is -2.35. The van der Waals surface area contributed by atoms with Crippen molar-refractivity contribution in [2.75, 3.05) is 6.54 Å². The number of unbranched alkanes of at least 4 members (excludes halogenated alkanes) is 4. The fourth-order valence-electron chi connectivity index (χ4n) is 5.26. The largest absolute Gasteiger partial charge is 0.508 e. The molecule has 0 fully saturated rings. The molecule has 0 saturated heterocycles. The molecule has 2 unspecified atom stereocenters. The first-order chi connectivity index (χ1) is 21.9. The van der Waals surface area contributed by atoms with Crippen LogP contribution in [0.2, 0.25) is 0 Å². The molecule has 46 heavy (non-hydrogen) atoms. The first-order valence-corrected chi connectivity index (χ1v) is 16.3. The number of nitrogens with one attached hydrogen (secondary N) is 2. The number of rotatable bonds is 15. The summed E-state index contributed by atoms with van der Waals surface area (Å²) in [5, 5.41) is 15.7. The van der Waals surface area contributed by atoms with Crippen molar-refractivity contribution < 1.29 is 24.2 Å². The van der Waals surface area contributed by atoms with E-state index in [4.69, 9.17) is 4.74 Å². The summed E-state index contributed by atoms with van der Waals surface area (Å²) in [6, 6.07) is 20.1. The fourth-order valence-corrected chi connectivity index (χ4v) is 5.26. The van der Waals surface area contributed by atoms with Crippen LogP contribution in [0, 0.1) is 13.8 Å². The number of alkyl carbamates (subject to hydrolysis) is 1. The summed E-state index contributed by atoms with van der Waals surface area (Å²) in [5.41, 5.74) is 3.73. The Labute approximate surface area is 274 Å². The van der Waals surface area contributed by atoms with Gasteiger partial charge in [0.2, 0.25) is 11.8 Å². The molecule has 0 saturated carbocycles. The van der Waals surface area contributed by atoms with Gasteiger partial charge in [-0.3, -0.25) is 9.59 Å². The Morgan fingerprint density at radius 1 is 0.848 bits per heavy atom. The minimum atomic E-state index is -1.02. The lowest BCUT2D eigenvalue weighted by atomic mass is 9.97. The molecule has 0 aliphatic carbocycles. The van der Waals surface area contributed by atoms with Gasteiger partial charge in [0.1, 0.15) is 23.4 Å². The lowest BCUT2D eigenvalue weighted by Crippen LogP contribution is -2.54. The van der Waals surface area contributed by atoms with Gasteiger partial charge in [-0.05, 0) is 81.0 Å². The van der Waals surface area contributed by atoms with Gasteiger partial charge in [-0.15, -0.1) is 0 Å². The zero-order chi connectivity index (χ0) is 33.7. The van der Waals surface area contributed by atoms with E-state index >= 15 is 0 Å². The van der Waals surface area contributed by atoms with E-state index in [1.165, 1.54) is 0 Å². The molecule has 3 aromatic rings. The van der Waals surface area contributed by atoms with E-state index in [1.807, 2.05) is 62.4 Å². The molecule has 0 heterocycles. The van der Waals surface area contributed by atoms with Crippen molar-refractivity contribution in [3.8, 4) is 5.75 Å². The molecule has 0 aliphatic rings. The standard InChI is InChI=1S/C38H51N3O5/c1-7-8-9-10-14-23-41(36(44)33(40-37(45)46-38(4,5)6)25-29-18-21-32(42)22-19-29)34(31-20-17-27(2)28(3)24-31)35(43)39-26-30-15-12-11-13-16-30/h11-13,15-22,24,33-34,42H,7-10,14,23,25-26H2,1-6H3,(H,39,43)(H,40,45). The molecule has 0 aliphatic heterocycles. The third-order valence-electron chi connectivity index (χ3n) is 7.87. The third-order valence-corrected chi connectivity index (χ3v) is 7.87. The summed E-state index contributed by atoms with van der Waals surface area (Å²) in [6.07, 6.45) is 4.25. The molecular formula is C38H51N3O5. The highest BCUT2D eigenvalue weighted by molar-refractivity contribution is 5.92. The Hall–Kier alpha value is -4.33. The Morgan fingerprint density at radius 3 is 2.15 bits per heavy atom. The zero-order valence-electron chi connectivity index (χ0n) is 28.3. The number of carbonyl (C=O) groups is 3. The van der Waals surface area contributed by atoms with Crippen LogP contribution in [0.1, 0.15) is 93.7 Å². The molecule has 3 aromatic carbocycles. The summed E-state index contributed by atoms with van der Waals surface area (Å²) in [6.45, 7) is 12.1. The van der Waals surface area contributed by atoms with E-state index in [1.54, 1.807) is 49.9 Å². The molecule has 3 amide bonds. The van der Waals surface area contributed by atoms with E-state index in [0.29, 0.717) is 25.1 Å². The van der Waals surface area contributed by atoms with Crippen LogP contribution < -0.4 is 10.6 Å². The maximum absolute atomic E-state index is 14.7. The van der Waals surface area contributed by atoms with Gasteiger partial charge in [-0.25, -0.2) is 4.79 Å². The molecule has 0 radical (unpaired) electrons. The van der Waals surface area contributed by atoms with Gasteiger partial charge in [0.05, 0.1) is 0 Å². The van der Waals surface area contributed by atoms with Crippen LogP contribution in [0.25, 0.3) is 0 Å². The van der Waals surface area contributed by atoms with Crippen molar-refractivity contribution in [1.29, 1.82) is 0 Å². The number of benzene rings is 3. The number of ether oxygens (including phenoxy) is 1. The monoisotopic (exact) mass is 629 g/mol. The van der Waals surface area contributed by atoms with Crippen molar-refractivity contribution in [3.05, 3.63) is 101 Å². The highest BCUT2D eigenvalue weighted by Crippen LogP contribution is 2.27.